The molecule has 0 aliphatic carbocycles. The maximum Gasteiger partial charge on any atom is 0.255 e. The largest absolute Gasteiger partial charge is 0.345 e. The summed E-state index contributed by atoms with van der Waals surface area (Å²) in [5, 5.41) is 7.04. The third-order valence-corrected chi connectivity index (χ3v) is 4.62. The number of nitrogens with one attached hydrogen (secondary N) is 1. The van der Waals surface area contributed by atoms with Crippen molar-refractivity contribution in [3.8, 4) is 5.69 Å². The maximum absolute atomic E-state index is 14.0. The Balaban J connectivity index is 1.55. The van der Waals surface area contributed by atoms with Gasteiger partial charge in [-0.1, -0.05) is 24.3 Å². The molecule has 1 amide bonds. The quantitative estimate of drug-likeness (QED) is 0.606. The molecule has 4 rings (SSSR count). The summed E-state index contributed by atoms with van der Waals surface area (Å²) in [6, 6.07) is 14.1. The minimum Gasteiger partial charge on any atom is -0.345 e. The van der Waals surface area contributed by atoms with E-state index in [0.717, 1.165) is 16.9 Å². The summed E-state index contributed by atoms with van der Waals surface area (Å²) in [5.41, 5.74) is 3.17. The molecule has 27 heavy (non-hydrogen) atoms. The Morgan fingerprint density at radius 2 is 1.89 bits per heavy atom. The van der Waals surface area contributed by atoms with E-state index >= 15 is 0 Å². The molecule has 2 aromatic carbocycles. The van der Waals surface area contributed by atoms with Crippen LogP contribution in [-0.2, 0) is 13.6 Å². The van der Waals surface area contributed by atoms with Gasteiger partial charge in [0, 0.05) is 7.05 Å². The summed E-state index contributed by atoms with van der Waals surface area (Å²) in [6.45, 7) is 2.03. The van der Waals surface area contributed by atoms with Gasteiger partial charge in [0.2, 0.25) is 0 Å². The van der Waals surface area contributed by atoms with Crippen LogP contribution in [0.4, 0.5) is 4.39 Å². The number of imidazole rings is 1. The van der Waals surface area contributed by atoms with Crippen molar-refractivity contribution in [1.82, 2.24) is 24.6 Å². The van der Waals surface area contributed by atoms with Gasteiger partial charge in [-0.3, -0.25) is 4.79 Å². The number of hydrogen-bond acceptors (Lipinski definition) is 3. The van der Waals surface area contributed by atoms with Gasteiger partial charge < -0.3 is 9.88 Å². The average Bonchev–Trinajstić information content (AvgIpc) is 3.21. The lowest BCUT2D eigenvalue weighted by Gasteiger charge is -2.07. The molecule has 0 aliphatic heterocycles. The number of benzene rings is 2. The van der Waals surface area contributed by atoms with Crippen molar-refractivity contribution < 1.29 is 9.18 Å². The van der Waals surface area contributed by atoms with Gasteiger partial charge in [0.05, 0.1) is 35.0 Å². The van der Waals surface area contributed by atoms with E-state index in [1.807, 2.05) is 35.9 Å². The standard InChI is InChI=1S/C20H18FN5O/c1-13-14(11-23-26(13)17-9-5-3-7-15(17)21)20(27)22-12-19-24-16-8-4-6-10-18(16)25(19)2/h3-11H,12H2,1-2H3,(H,22,27). The van der Waals surface area contributed by atoms with E-state index in [2.05, 4.69) is 15.4 Å². The first kappa shape index (κ1) is 17.0. The Labute approximate surface area is 155 Å². The van der Waals surface area contributed by atoms with Crippen LogP contribution in [0.2, 0.25) is 0 Å². The van der Waals surface area contributed by atoms with E-state index < -0.39 is 5.82 Å². The first-order valence-corrected chi connectivity index (χ1v) is 8.54. The van der Waals surface area contributed by atoms with Gasteiger partial charge in [0.1, 0.15) is 17.3 Å². The third-order valence-electron chi connectivity index (χ3n) is 4.62. The van der Waals surface area contributed by atoms with Gasteiger partial charge in [-0.05, 0) is 31.2 Å². The molecule has 6 nitrogen and oxygen atoms in total. The molecule has 0 unspecified atom stereocenters. The summed E-state index contributed by atoms with van der Waals surface area (Å²) in [6.07, 6.45) is 1.45. The molecule has 0 radical (unpaired) electrons. The van der Waals surface area contributed by atoms with E-state index in [0.29, 0.717) is 16.9 Å². The van der Waals surface area contributed by atoms with Gasteiger partial charge in [-0.2, -0.15) is 5.10 Å². The minimum absolute atomic E-state index is 0.276. The molecule has 7 heteroatoms. The van der Waals surface area contributed by atoms with Crippen molar-refractivity contribution in [3.05, 3.63) is 77.6 Å². The number of carbonyl (C=O) groups excluding carboxylic acids is 1. The molecule has 136 valence electrons. The highest BCUT2D eigenvalue weighted by Crippen LogP contribution is 2.18. The maximum atomic E-state index is 14.0. The van der Waals surface area contributed by atoms with Crippen molar-refractivity contribution in [1.29, 1.82) is 0 Å². The van der Waals surface area contributed by atoms with Crippen LogP contribution in [0.25, 0.3) is 16.7 Å². The molecule has 0 saturated heterocycles. The lowest BCUT2D eigenvalue weighted by Crippen LogP contribution is -2.24. The van der Waals surface area contributed by atoms with Gasteiger partial charge >= 0.3 is 0 Å². The zero-order chi connectivity index (χ0) is 19.0. The minimum atomic E-state index is -0.393. The van der Waals surface area contributed by atoms with Crippen LogP contribution in [-0.4, -0.2) is 25.2 Å². The Hall–Kier alpha value is -3.48. The van der Waals surface area contributed by atoms with Gasteiger partial charge in [0.25, 0.3) is 5.91 Å². The lowest BCUT2D eigenvalue weighted by molar-refractivity contribution is 0.0949. The second kappa shape index (κ2) is 6.68. The Bertz CT molecular complexity index is 1140. The van der Waals surface area contributed by atoms with Crippen LogP contribution in [0.5, 0.6) is 0 Å². The summed E-state index contributed by atoms with van der Waals surface area (Å²) in [5.74, 6) is 0.0844. The van der Waals surface area contributed by atoms with Crippen molar-refractivity contribution in [2.75, 3.05) is 0 Å². The zero-order valence-electron chi connectivity index (χ0n) is 15.0. The molecule has 0 aliphatic rings. The molecule has 0 bridgehead atoms. The number of hydrogen-bond donors (Lipinski definition) is 1. The number of carbonyl (C=O) groups is 1. The number of nitrogens with zero attached hydrogens (tertiary/aromatic N) is 4. The highest BCUT2D eigenvalue weighted by atomic mass is 19.1. The topological polar surface area (TPSA) is 64.7 Å². The van der Waals surface area contributed by atoms with E-state index in [1.165, 1.54) is 16.9 Å². The van der Waals surface area contributed by atoms with E-state index in [4.69, 9.17) is 0 Å². The third kappa shape index (κ3) is 2.97. The number of rotatable bonds is 4. The Morgan fingerprint density at radius 3 is 2.67 bits per heavy atom. The normalized spacial score (nSPS) is 11.1. The van der Waals surface area contributed by atoms with Gasteiger partial charge in [-0.15, -0.1) is 0 Å². The van der Waals surface area contributed by atoms with Crippen molar-refractivity contribution in [2.24, 2.45) is 7.05 Å². The average molecular weight is 363 g/mol. The number of fused-ring (bicyclic) bond motifs is 1. The van der Waals surface area contributed by atoms with E-state index in [1.54, 1.807) is 25.1 Å². The summed E-state index contributed by atoms with van der Waals surface area (Å²) in [4.78, 5) is 17.1. The summed E-state index contributed by atoms with van der Waals surface area (Å²) >= 11 is 0. The molecule has 0 atom stereocenters. The number of halogens is 1. The summed E-state index contributed by atoms with van der Waals surface area (Å²) < 4.78 is 17.4. The number of aryl methyl sites for hydroxylation is 1. The highest BCUT2D eigenvalue weighted by Gasteiger charge is 2.17. The monoisotopic (exact) mass is 363 g/mol. The number of aromatic nitrogens is 4. The smallest absolute Gasteiger partial charge is 0.255 e. The van der Waals surface area contributed by atoms with Crippen LogP contribution in [0, 0.1) is 12.7 Å². The van der Waals surface area contributed by atoms with E-state index in [-0.39, 0.29) is 12.5 Å². The Morgan fingerprint density at radius 1 is 1.15 bits per heavy atom. The van der Waals surface area contributed by atoms with Crippen molar-refractivity contribution in [2.45, 2.75) is 13.5 Å². The number of para-hydroxylation sites is 3. The highest BCUT2D eigenvalue weighted by molar-refractivity contribution is 5.95. The number of amides is 1. The Kier molecular flexibility index (Phi) is 4.19. The fraction of sp³-hybridized carbons (Fsp3) is 0.150. The molecule has 1 N–H and O–H groups in total. The molecular weight excluding hydrogens is 345 g/mol. The second-order valence-corrected chi connectivity index (χ2v) is 6.27. The van der Waals surface area contributed by atoms with Crippen LogP contribution in [0.15, 0.2) is 54.7 Å². The fourth-order valence-electron chi connectivity index (χ4n) is 3.11. The molecular formula is C20H18FN5O. The molecule has 0 fully saturated rings. The molecule has 4 aromatic rings. The first-order valence-electron chi connectivity index (χ1n) is 8.54. The molecule has 0 spiro atoms. The predicted molar refractivity (Wildman–Crippen MR) is 100 cm³/mol. The second-order valence-electron chi connectivity index (χ2n) is 6.27. The predicted octanol–water partition coefficient (Wildman–Crippen LogP) is 3.14. The SMILES string of the molecule is Cc1c(C(=O)NCc2nc3ccccc3n2C)cnn1-c1ccccc1F. The van der Waals surface area contributed by atoms with E-state index in [9.17, 15) is 9.18 Å². The fourth-order valence-corrected chi connectivity index (χ4v) is 3.11. The summed E-state index contributed by atoms with van der Waals surface area (Å²) in [7, 11) is 1.91. The van der Waals surface area contributed by atoms with Crippen LogP contribution >= 0.6 is 0 Å². The van der Waals surface area contributed by atoms with Crippen LogP contribution in [0.1, 0.15) is 21.9 Å². The molecule has 0 saturated carbocycles. The van der Waals surface area contributed by atoms with Gasteiger partial charge in [-0.25, -0.2) is 14.1 Å². The van der Waals surface area contributed by atoms with Crippen molar-refractivity contribution >= 4 is 16.9 Å². The zero-order valence-corrected chi connectivity index (χ0v) is 15.0. The van der Waals surface area contributed by atoms with Crippen LogP contribution < -0.4 is 5.32 Å². The van der Waals surface area contributed by atoms with Crippen molar-refractivity contribution in [3.63, 3.8) is 0 Å². The van der Waals surface area contributed by atoms with Crippen LogP contribution in [0.3, 0.4) is 0 Å². The lowest BCUT2D eigenvalue weighted by atomic mass is 10.2. The molecule has 2 aromatic heterocycles. The van der Waals surface area contributed by atoms with Gasteiger partial charge in [0.15, 0.2) is 0 Å². The molecule has 2 heterocycles. The first-order chi connectivity index (χ1) is 13.1.